The van der Waals surface area contributed by atoms with Crippen LogP contribution in [-0.2, 0) is 28.0 Å². The van der Waals surface area contributed by atoms with Crippen molar-refractivity contribution in [2.45, 2.75) is 71.5 Å². The van der Waals surface area contributed by atoms with Gasteiger partial charge in [-0.3, -0.25) is 9.59 Å². The lowest BCUT2D eigenvalue weighted by molar-refractivity contribution is -0.143. The van der Waals surface area contributed by atoms with E-state index in [1.54, 1.807) is 11.0 Å². The number of nitrogens with zero attached hydrogens (tertiary/aromatic N) is 1. The largest absolute Gasteiger partial charge is 0.484 e. The number of ether oxygens (including phenoxy) is 1. The minimum absolute atomic E-state index is 0.0125. The lowest BCUT2D eigenvalue weighted by atomic mass is 9.87. The highest BCUT2D eigenvalue weighted by molar-refractivity contribution is 6.30. The second kappa shape index (κ2) is 13.5. The first-order chi connectivity index (χ1) is 18.1. The Morgan fingerprint density at radius 2 is 1.61 bits per heavy atom. The van der Waals surface area contributed by atoms with E-state index in [1.165, 1.54) is 5.56 Å². The fraction of sp³-hybridized carbons (Fsp3) is 0.375. The lowest BCUT2D eigenvalue weighted by Gasteiger charge is -2.32. The Morgan fingerprint density at radius 3 is 2.21 bits per heavy atom. The van der Waals surface area contributed by atoms with Gasteiger partial charge in [0.05, 0.1) is 0 Å². The molecule has 3 rings (SSSR count). The Kier molecular flexibility index (Phi) is 10.4. The minimum Gasteiger partial charge on any atom is -0.484 e. The second-order valence-electron chi connectivity index (χ2n) is 10.7. The summed E-state index contributed by atoms with van der Waals surface area (Å²) in [6.07, 6.45) is 1.18. The molecule has 5 nitrogen and oxygen atoms in total. The predicted octanol–water partition coefficient (Wildman–Crippen LogP) is 6.57. The number of amides is 2. The average molecular weight is 535 g/mol. The molecule has 3 aromatic rings. The molecule has 0 spiro atoms. The summed E-state index contributed by atoms with van der Waals surface area (Å²) >= 11 is 6.25. The lowest BCUT2D eigenvalue weighted by Crippen LogP contribution is -2.53. The molecule has 0 heterocycles. The number of benzene rings is 3. The van der Waals surface area contributed by atoms with Gasteiger partial charge < -0.3 is 15.0 Å². The van der Waals surface area contributed by atoms with E-state index in [-0.39, 0.29) is 36.4 Å². The number of halogens is 1. The van der Waals surface area contributed by atoms with E-state index in [0.29, 0.717) is 17.2 Å². The van der Waals surface area contributed by atoms with Crippen LogP contribution in [0, 0.1) is 0 Å². The van der Waals surface area contributed by atoms with Gasteiger partial charge in [-0.25, -0.2) is 0 Å². The molecule has 0 fully saturated rings. The number of carbonyl (C=O) groups is 2. The molecule has 1 N–H and O–H groups in total. The van der Waals surface area contributed by atoms with Crippen molar-refractivity contribution in [2.24, 2.45) is 0 Å². The fourth-order valence-corrected chi connectivity index (χ4v) is 4.32. The molecule has 0 aliphatic heterocycles. The molecule has 0 aromatic heterocycles. The molecule has 0 unspecified atom stereocenters. The van der Waals surface area contributed by atoms with Crippen LogP contribution in [0.1, 0.15) is 57.7 Å². The molecule has 3 aromatic carbocycles. The van der Waals surface area contributed by atoms with Crippen molar-refractivity contribution in [3.05, 3.63) is 101 Å². The highest BCUT2D eigenvalue weighted by Crippen LogP contribution is 2.24. The Balaban J connectivity index is 1.89. The zero-order valence-electron chi connectivity index (χ0n) is 23.0. The molecule has 0 saturated heterocycles. The highest BCUT2D eigenvalue weighted by atomic mass is 35.5. The number of nitrogens with one attached hydrogen (secondary N) is 1. The molecule has 0 aliphatic carbocycles. The Bertz CT molecular complexity index is 1190. The Morgan fingerprint density at radius 1 is 0.947 bits per heavy atom. The molecule has 202 valence electrons. The molecule has 2 atom stereocenters. The first-order valence-electron chi connectivity index (χ1n) is 13.2. The summed E-state index contributed by atoms with van der Waals surface area (Å²) < 4.78 is 5.91. The molecule has 2 amide bonds. The van der Waals surface area contributed by atoms with Gasteiger partial charge in [-0.15, -0.1) is 0 Å². The zero-order valence-corrected chi connectivity index (χ0v) is 23.8. The average Bonchev–Trinajstić information content (AvgIpc) is 2.89. The number of carbonyl (C=O) groups excluding carboxylic acids is 2. The van der Waals surface area contributed by atoms with Gasteiger partial charge in [0.25, 0.3) is 5.91 Å². The molecule has 0 saturated carbocycles. The maximum Gasteiger partial charge on any atom is 0.261 e. The Labute approximate surface area is 232 Å². The van der Waals surface area contributed by atoms with Gasteiger partial charge in [-0.1, -0.05) is 93.9 Å². The molecule has 0 radical (unpaired) electrons. The third-order valence-electron chi connectivity index (χ3n) is 6.60. The van der Waals surface area contributed by atoms with E-state index in [0.717, 1.165) is 17.5 Å². The third kappa shape index (κ3) is 8.63. The minimum atomic E-state index is -0.718. The summed E-state index contributed by atoms with van der Waals surface area (Å²) in [4.78, 5) is 28.9. The van der Waals surface area contributed by atoms with Crippen molar-refractivity contribution in [3.8, 4) is 5.75 Å². The topological polar surface area (TPSA) is 58.6 Å². The van der Waals surface area contributed by atoms with Crippen molar-refractivity contribution < 1.29 is 14.3 Å². The molecule has 38 heavy (non-hydrogen) atoms. The summed E-state index contributed by atoms with van der Waals surface area (Å²) in [5.74, 6) is 0.149. The van der Waals surface area contributed by atoms with Crippen LogP contribution in [0.15, 0.2) is 78.9 Å². The summed E-state index contributed by atoms with van der Waals surface area (Å²) in [6.45, 7) is 10.5. The van der Waals surface area contributed by atoms with E-state index < -0.39 is 6.04 Å². The molecular weight excluding hydrogens is 496 g/mol. The van der Waals surface area contributed by atoms with Crippen LogP contribution in [0.25, 0.3) is 0 Å². The summed E-state index contributed by atoms with van der Waals surface area (Å²) in [6, 6.07) is 24.2. The quantitative estimate of drug-likeness (QED) is 0.302. The van der Waals surface area contributed by atoms with Gasteiger partial charge in [-0.2, -0.15) is 0 Å². The number of hydrogen-bond donors (Lipinski definition) is 1. The monoisotopic (exact) mass is 534 g/mol. The zero-order chi connectivity index (χ0) is 27.7. The maximum absolute atomic E-state index is 13.7. The third-order valence-corrected chi connectivity index (χ3v) is 6.83. The van der Waals surface area contributed by atoms with Crippen LogP contribution in [0.2, 0.25) is 5.02 Å². The van der Waals surface area contributed by atoms with Crippen LogP contribution in [0.4, 0.5) is 0 Å². The molecular formula is C32H39ClN2O3. The van der Waals surface area contributed by atoms with Crippen molar-refractivity contribution in [1.29, 1.82) is 0 Å². The summed E-state index contributed by atoms with van der Waals surface area (Å²) in [5.41, 5.74) is 3.02. The number of rotatable bonds is 11. The molecule has 0 aliphatic rings. The van der Waals surface area contributed by atoms with Gasteiger partial charge in [0.2, 0.25) is 5.91 Å². The van der Waals surface area contributed by atoms with Gasteiger partial charge in [0.15, 0.2) is 6.61 Å². The van der Waals surface area contributed by atoms with E-state index >= 15 is 0 Å². The van der Waals surface area contributed by atoms with Gasteiger partial charge in [0.1, 0.15) is 11.8 Å². The smallest absolute Gasteiger partial charge is 0.261 e. The van der Waals surface area contributed by atoms with E-state index in [2.05, 4.69) is 26.1 Å². The summed E-state index contributed by atoms with van der Waals surface area (Å²) in [5, 5.41) is 3.65. The SMILES string of the molecule is CC[C@@H](C)NC(=O)[C@H](Cc1ccccc1)N(Cc1cccc(Cl)c1)C(=O)COc1ccc(C(C)(C)C)cc1. The van der Waals surface area contributed by atoms with Gasteiger partial charge >= 0.3 is 0 Å². The van der Waals surface area contributed by atoms with E-state index in [9.17, 15) is 9.59 Å². The molecule has 6 heteroatoms. The first-order valence-corrected chi connectivity index (χ1v) is 13.6. The van der Waals surface area contributed by atoms with Crippen molar-refractivity contribution in [2.75, 3.05) is 6.61 Å². The van der Waals surface area contributed by atoms with Crippen molar-refractivity contribution >= 4 is 23.4 Å². The van der Waals surface area contributed by atoms with Crippen LogP contribution in [0.5, 0.6) is 5.75 Å². The standard InChI is InChI=1S/C32H39ClN2O3/c1-6-23(2)34-31(37)29(20-24-11-8-7-9-12-24)35(21-25-13-10-14-27(33)19-25)30(36)22-38-28-17-15-26(16-18-28)32(3,4)5/h7-19,23,29H,6,20-22H2,1-5H3,(H,34,37)/t23-,29+/m1/s1. The van der Waals surface area contributed by atoms with E-state index in [1.807, 2.05) is 86.6 Å². The van der Waals surface area contributed by atoms with Crippen molar-refractivity contribution in [1.82, 2.24) is 10.2 Å². The predicted molar refractivity (Wildman–Crippen MR) is 154 cm³/mol. The number of hydrogen-bond acceptors (Lipinski definition) is 3. The highest BCUT2D eigenvalue weighted by Gasteiger charge is 2.31. The first kappa shape index (κ1) is 29.2. The van der Waals surface area contributed by atoms with Crippen LogP contribution < -0.4 is 10.1 Å². The van der Waals surface area contributed by atoms with Gasteiger partial charge in [0, 0.05) is 24.0 Å². The van der Waals surface area contributed by atoms with Crippen molar-refractivity contribution in [3.63, 3.8) is 0 Å². The Hall–Kier alpha value is -3.31. The molecule has 0 bridgehead atoms. The second-order valence-corrected chi connectivity index (χ2v) is 11.2. The van der Waals surface area contributed by atoms with Gasteiger partial charge in [-0.05, 0) is 59.7 Å². The van der Waals surface area contributed by atoms with Crippen LogP contribution in [0.3, 0.4) is 0 Å². The normalized spacial score (nSPS) is 12.9. The summed E-state index contributed by atoms with van der Waals surface area (Å²) in [7, 11) is 0. The van der Waals surface area contributed by atoms with Crippen LogP contribution >= 0.6 is 11.6 Å². The fourth-order valence-electron chi connectivity index (χ4n) is 4.11. The van der Waals surface area contributed by atoms with Crippen LogP contribution in [-0.4, -0.2) is 35.4 Å². The van der Waals surface area contributed by atoms with E-state index in [4.69, 9.17) is 16.3 Å². The maximum atomic E-state index is 13.7.